The molecule has 0 unspecified atom stereocenters. The minimum absolute atomic E-state index is 1.10. The molecule has 25 heavy (non-hydrogen) atoms. The van der Waals surface area contributed by atoms with Crippen LogP contribution in [-0.4, -0.2) is 6.26 Å². The summed E-state index contributed by atoms with van der Waals surface area (Å²) in [5.41, 5.74) is 9.28. The first-order chi connectivity index (χ1) is 12.3. The summed E-state index contributed by atoms with van der Waals surface area (Å²) in [6, 6.07) is 26.3. The Labute approximate surface area is 153 Å². The largest absolute Gasteiger partial charge is 0.330 e. The summed E-state index contributed by atoms with van der Waals surface area (Å²) in [6.07, 6.45) is 6.56. The molecule has 0 heterocycles. The number of anilines is 1. The van der Waals surface area contributed by atoms with E-state index in [0.29, 0.717) is 0 Å². The van der Waals surface area contributed by atoms with E-state index in [1.165, 1.54) is 33.4 Å². The van der Waals surface area contributed by atoms with Crippen LogP contribution in [0.25, 0.3) is 11.6 Å². The Bertz CT molecular complexity index is 860. The minimum atomic E-state index is 1.10. The fraction of sp³-hybridized carbons (Fsp3) is 0.130. The van der Waals surface area contributed by atoms with Crippen LogP contribution in [-0.2, 0) is 12.8 Å². The molecule has 4 rings (SSSR count). The Balaban J connectivity index is 1.84. The number of rotatable bonds is 3. The van der Waals surface area contributed by atoms with Crippen molar-refractivity contribution in [2.24, 2.45) is 0 Å². The lowest BCUT2D eigenvalue weighted by Gasteiger charge is -2.12. The Kier molecular flexibility index (Phi) is 4.62. The van der Waals surface area contributed by atoms with Gasteiger partial charge in [-0.05, 0) is 64.4 Å². The van der Waals surface area contributed by atoms with E-state index < -0.39 is 0 Å². The summed E-state index contributed by atoms with van der Waals surface area (Å²) in [5, 5.41) is 0. The second-order valence-corrected chi connectivity index (χ2v) is 6.91. The highest BCUT2D eigenvalue weighted by atomic mass is 32.2. The summed E-state index contributed by atoms with van der Waals surface area (Å²) >= 11 is 1.61. The molecule has 0 saturated carbocycles. The third-order valence-corrected chi connectivity index (χ3v) is 5.16. The van der Waals surface area contributed by atoms with Crippen molar-refractivity contribution < 1.29 is 0 Å². The molecule has 1 nitrogen and oxygen atoms in total. The lowest BCUT2D eigenvalue weighted by atomic mass is 9.92. The second-order valence-electron chi connectivity index (χ2n) is 6.30. The van der Waals surface area contributed by atoms with E-state index in [-0.39, 0.29) is 0 Å². The quantitative estimate of drug-likeness (QED) is 0.580. The van der Waals surface area contributed by atoms with Crippen LogP contribution in [0.3, 0.4) is 0 Å². The smallest absolute Gasteiger partial charge is 0.0440 e. The monoisotopic (exact) mass is 343 g/mol. The Morgan fingerprint density at radius 2 is 1.32 bits per heavy atom. The van der Waals surface area contributed by atoms with Crippen LogP contribution in [0.4, 0.5) is 5.69 Å². The van der Waals surface area contributed by atoms with Crippen molar-refractivity contribution in [2.75, 3.05) is 11.0 Å². The van der Waals surface area contributed by atoms with E-state index in [2.05, 4.69) is 83.6 Å². The van der Waals surface area contributed by atoms with Crippen molar-refractivity contribution in [1.82, 2.24) is 0 Å². The van der Waals surface area contributed by atoms with Crippen LogP contribution in [0.15, 0.2) is 72.8 Å². The van der Waals surface area contributed by atoms with E-state index in [4.69, 9.17) is 0 Å². The lowest BCUT2D eigenvalue weighted by Crippen LogP contribution is -1.92. The van der Waals surface area contributed by atoms with Gasteiger partial charge < -0.3 is 4.72 Å². The van der Waals surface area contributed by atoms with Gasteiger partial charge in [-0.25, -0.2) is 0 Å². The topological polar surface area (TPSA) is 12.0 Å². The summed E-state index contributed by atoms with van der Waals surface area (Å²) in [4.78, 5) is 0. The number of hydrogen-bond donors (Lipinski definition) is 1. The fourth-order valence-corrected chi connectivity index (χ4v) is 3.88. The molecule has 3 aromatic carbocycles. The number of fused-ring (bicyclic) bond motifs is 2. The van der Waals surface area contributed by atoms with E-state index in [0.717, 1.165) is 18.5 Å². The average molecular weight is 343 g/mol. The molecule has 0 fully saturated rings. The maximum Gasteiger partial charge on any atom is 0.0440 e. The molecule has 0 spiro atoms. The molecule has 0 radical (unpaired) electrons. The van der Waals surface area contributed by atoms with E-state index >= 15 is 0 Å². The molecule has 0 aliphatic heterocycles. The summed E-state index contributed by atoms with van der Waals surface area (Å²) in [7, 11) is 0. The predicted octanol–water partition coefficient (Wildman–Crippen LogP) is 6.06. The minimum Gasteiger partial charge on any atom is -0.330 e. The zero-order chi connectivity index (χ0) is 17.1. The van der Waals surface area contributed by atoms with Gasteiger partial charge in [0.25, 0.3) is 0 Å². The normalized spacial score (nSPS) is 12.8. The summed E-state index contributed by atoms with van der Waals surface area (Å²) in [6.45, 7) is 0. The van der Waals surface area contributed by atoms with Crippen molar-refractivity contribution >= 4 is 29.3 Å². The number of aryl methyl sites for hydroxylation is 2. The van der Waals surface area contributed by atoms with Gasteiger partial charge in [-0.15, -0.1) is 0 Å². The van der Waals surface area contributed by atoms with Gasteiger partial charge in [0.05, 0.1) is 0 Å². The summed E-state index contributed by atoms with van der Waals surface area (Å²) in [5.74, 6) is 0. The molecular formula is C23H21NS. The van der Waals surface area contributed by atoms with Crippen LogP contribution in [0, 0.1) is 0 Å². The van der Waals surface area contributed by atoms with Gasteiger partial charge in [-0.2, -0.15) is 0 Å². The van der Waals surface area contributed by atoms with Gasteiger partial charge in [-0.3, -0.25) is 0 Å². The summed E-state index contributed by atoms with van der Waals surface area (Å²) < 4.78 is 3.28. The molecule has 1 aliphatic carbocycles. The van der Waals surface area contributed by atoms with Crippen LogP contribution < -0.4 is 4.72 Å². The van der Waals surface area contributed by atoms with Gasteiger partial charge in [0.1, 0.15) is 0 Å². The Morgan fingerprint density at radius 3 is 1.88 bits per heavy atom. The van der Waals surface area contributed by atoms with Crippen LogP contribution >= 0.6 is 11.9 Å². The third kappa shape index (κ3) is 3.35. The van der Waals surface area contributed by atoms with Gasteiger partial charge in [0.15, 0.2) is 0 Å². The lowest BCUT2D eigenvalue weighted by molar-refractivity contribution is 0.965. The Hall–Kier alpha value is -2.45. The van der Waals surface area contributed by atoms with Crippen LogP contribution in [0.5, 0.6) is 0 Å². The number of hydrogen-bond acceptors (Lipinski definition) is 2. The third-order valence-electron chi connectivity index (χ3n) is 4.72. The molecular weight excluding hydrogens is 322 g/mol. The van der Waals surface area contributed by atoms with Crippen molar-refractivity contribution in [2.45, 2.75) is 12.8 Å². The molecule has 2 heteroatoms. The molecule has 124 valence electrons. The van der Waals surface area contributed by atoms with Crippen LogP contribution in [0.1, 0.15) is 27.8 Å². The Morgan fingerprint density at radius 1 is 0.760 bits per heavy atom. The van der Waals surface area contributed by atoms with Gasteiger partial charge in [-0.1, -0.05) is 72.6 Å². The zero-order valence-electron chi connectivity index (χ0n) is 14.3. The standard InChI is InChI=1S/C23H21NS/c1-25-24-20-14-10-17(11-15-20)16-23-21-8-4-2-6-18(21)12-13-19-7-3-5-9-22(19)23/h2-11,14-16,24H,12-13H2,1H3. The molecule has 1 aliphatic rings. The first kappa shape index (κ1) is 16.0. The highest BCUT2D eigenvalue weighted by Crippen LogP contribution is 2.34. The van der Waals surface area contributed by atoms with Crippen molar-refractivity contribution in [3.8, 4) is 0 Å². The van der Waals surface area contributed by atoms with Crippen molar-refractivity contribution in [3.63, 3.8) is 0 Å². The molecule has 0 bridgehead atoms. The maximum atomic E-state index is 3.28. The number of nitrogens with one attached hydrogen (secondary N) is 1. The predicted molar refractivity (Wildman–Crippen MR) is 111 cm³/mol. The van der Waals surface area contributed by atoms with E-state index in [9.17, 15) is 0 Å². The highest BCUT2D eigenvalue weighted by molar-refractivity contribution is 7.99. The average Bonchev–Trinajstić information content (AvgIpc) is 2.81. The molecule has 0 amide bonds. The molecule has 0 saturated heterocycles. The molecule has 3 aromatic rings. The van der Waals surface area contributed by atoms with E-state index in [1.807, 2.05) is 6.26 Å². The van der Waals surface area contributed by atoms with Gasteiger partial charge >= 0.3 is 0 Å². The van der Waals surface area contributed by atoms with E-state index in [1.54, 1.807) is 11.9 Å². The number of benzene rings is 3. The van der Waals surface area contributed by atoms with Crippen molar-refractivity contribution in [3.05, 3.63) is 101 Å². The molecule has 0 atom stereocenters. The van der Waals surface area contributed by atoms with Gasteiger partial charge in [0.2, 0.25) is 0 Å². The first-order valence-electron chi connectivity index (χ1n) is 8.62. The maximum absolute atomic E-state index is 3.28. The fourth-order valence-electron chi connectivity index (χ4n) is 3.50. The van der Waals surface area contributed by atoms with Crippen LogP contribution in [0.2, 0.25) is 0 Å². The highest BCUT2D eigenvalue weighted by Gasteiger charge is 2.17. The van der Waals surface area contributed by atoms with Gasteiger partial charge in [0, 0.05) is 11.9 Å². The zero-order valence-corrected chi connectivity index (χ0v) is 15.1. The molecule has 0 aromatic heterocycles. The molecule has 1 N–H and O–H groups in total. The van der Waals surface area contributed by atoms with Crippen molar-refractivity contribution in [1.29, 1.82) is 0 Å². The SMILES string of the molecule is CSNc1ccc(C=C2c3ccccc3CCc3ccccc32)cc1. The second kappa shape index (κ2) is 7.20. The first-order valence-corrected chi connectivity index (χ1v) is 9.85.